The number of rotatable bonds is 3. The lowest BCUT2D eigenvalue weighted by atomic mass is 10.1. The minimum Gasteiger partial charge on any atom is -0.384 e. The van der Waals surface area contributed by atoms with Crippen LogP contribution in [0, 0.1) is 5.92 Å². The van der Waals surface area contributed by atoms with Crippen molar-refractivity contribution in [3.63, 3.8) is 0 Å². The second-order valence-corrected chi connectivity index (χ2v) is 4.69. The lowest BCUT2D eigenvalue weighted by Crippen LogP contribution is -2.27. The smallest absolute Gasteiger partial charge is 0.221 e. The van der Waals surface area contributed by atoms with E-state index in [2.05, 4.69) is 9.88 Å². The molecule has 1 saturated heterocycles. The van der Waals surface area contributed by atoms with Gasteiger partial charge in [0.1, 0.15) is 5.82 Å². The van der Waals surface area contributed by atoms with E-state index in [4.69, 9.17) is 23.1 Å². The summed E-state index contributed by atoms with van der Waals surface area (Å²) in [5, 5.41) is 0.599. The molecule has 6 heteroatoms. The van der Waals surface area contributed by atoms with Crippen LogP contribution in [-0.4, -0.2) is 28.9 Å². The maximum Gasteiger partial charge on any atom is 0.221 e. The Bertz CT molecular complexity index is 437. The van der Waals surface area contributed by atoms with Crippen molar-refractivity contribution in [2.75, 3.05) is 18.8 Å². The van der Waals surface area contributed by atoms with Gasteiger partial charge in [0.15, 0.2) is 0 Å². The van der Waals surface area contributed by atoms with Gasteiger partial charge in [-0.2, -0.15) is 0 Å². The van der Waals surface area contributed by atoms with Crippen LogP contribution in [0.2, 0.25) is 5.02 Å². The Morgan fingerprint density at radius 3 is 3.00 bits per heavy atom. The zero-order valence-electron chi connectivity index (χ0n) is 9.40. The Labute approximate surface area is 105 Å². The molecule has 0 aromatic carbocycles. The fraction of sp³-hybridized carbons (Fsp3) is 0.455. The Morgan fingerprint density at radius 1 is 1.59 bits per heavy atom. The molecule has 1 atom stereocenters. The van der Waals surface area contributed by atoms with Gasteiger partial charge in [-0.1, -0.05) is 11.6 Å². The number of carbonyl (C=O) groups excluding carboxylic acids is 1. The van der Waals surface area contributed by atoms with E-state index in [1.807, 2.05) is 0 Å². The van der Waals surface area contributed by atoms with Gasteiger partial charge < -0.3 is 11.5 Å². The van der Waals surface area contributed by atoms with E-state index in [1.165, 1.54) is 0 Å². The number of anilines is 1. The zero-order chi connectivity index (χ0) is 12.4. The molecular formula is C11H15ClN4O. The number of halogens is 1. The summed E-state index contributed by atoms with van der Waals surface area (Å²) >= 11 is 6.04. The Balaban J connectivity index is 2.02. The number of nitrogens with zero attached hydrogens (tertiary/aromatic N) is 2. The normalized spacial score (nSPS) is 20.6. The first-order valence-electron chi connectivity index (χ1n) is 5.49. The SMILES string of the molecule is NC(=O)C1CCN(Cc2nc(N)ccc2Cl)C1. The summed E-state index contributed by atoms with van der Waals surface area (Å²) in [4.78, 5) is 17.4. The summed E-state index contributed by atoms with van der Waals surface area (Å²) in [5.74, 6) is 0.156. The molecule has 1 aromatic heterocycles. The van der Waals surface area contributed by atoms with Crippen molar-refractivity contribution in [1.82, 2.24) is 9.88 Å². The van der Waals surface area contributed by atoms with E-state index in [9.17, 15) is 4.79 Å². The molecule has 1 aliphatic rings. The number of amides is 1. The van der Waals surface area contributed by atoms with Gasteiger partial charge in [-0.15, -0.1) is 0 Å². The summed E-state index contributed by atoms with van der Waals surface area (Å²) in [6, 6.07) is 3.41. The third kappa shape index (κ3) is 2.87. The number of nitrogens with two attached hydrogens (primary N) is 2. The third-order valence-corrected chi connectivity index (χ3v) is 3.33. The van der Waals surface area contributed by atoms with Crippen molar-refractivity contribution < 1.29 is 4.79 Å². The summed E-state index contributed by atoms with van der Waals surface area (Å²) < 4.78 is 0. The van der Waals surface area contributed by atoms with Gasteiger partial charge in [-0.25, -0.2) is 4.98 Å². The third-order valence-electron chi connectivity index (χ3n) is 2.99. The van der Waals surface area contributed by atoms with Crippen LogP contribution in [0.25, 0.3) is 0 Å². The monoisotopic (exact) mass is 254 g/mol. The predicted octanol–water partition coefficient (Wildman–Crippen LogP) is 0.624. The highest BCUT2D eigenvalue weighted by molar-refractivity contribution is 6.31. The summed E-state index contributed by atoms with van der Waals surface area (Å²) in [5.41, 5.74) is 11.6. The van der Waals surface area contributed by atoms with Crippen LogP contribution < -0.4 is 11.5 Å². The number of primary amides is 1. The molecule has 0 aliphatic carbocycles. The van der Waals surface area contributed by atoms with E-state index < -0.39 is 0 Å². The second-order valence-electron chi connectivity index (χ2n) is 4.29. The summed E-state index contributed by atoms with van der Waals surface area (Å²) in [6.07, 6.45) is 0.801. The van der Waals surface area contributed by atoms with Crippen LogP contribution in [0.15, 0.2) is 12.1 Å². The number of hydrogen-bond donors (Lipinski definition) is 2. The van der Waals surface area contributed by atoms with Crippen molar-refractivity contribution in [1.29, 1.82) is 0 Å². The quantitative estimate of drug-likeness (QED) is 0.828. The van der Waals surface area contributed by atoms with Crippen LogP contribution in [0.4, 0.5) is 5.82 Å². The largest absolute Gasteiger partial charge is 0.384 e. The highest BCUT2D eigenvalue weighted by Gasteiger charge is 2.27. The lowest BCUT2D eigenvalue weighted by Gasteiger charge is -2.15. The van der Waals surface area contributed by atoms with Crippen molar-refractivity contribution >= 4 is 23.3 Å². The highest BCUT2D eigenvalue weighted by atomic mass is 35.5. The number of aromatic nitrogens is 1. The lowest BCUT2D eigenvalue weighted by molar-refractivity contribution is -0.121. The van der Waals surface area contributed by atoms with E-state index in [-0.39, 0.29) is 11.8 Å². The van der Waals surface area contributed by atoms with E-state index >= 15 is 0 Å². The number of pyridine rings is 1. The maximum atomic E-state index is 11.1. The Hall–Kier alpha value is -1.33. The molecule has 1 aliphatic heterocycles. The molecule has 0 bridgehead atoms. The molecule has 92 valence electrons. The summed E-state index contributed by atoms with van der Waals surface area (Å²) in [7, 11) is 0. The van der Waals surface area contributed by atoms with Crippen LogP contribution >= 0.6 is 11.6 Å². The standard InChI is InChI=1S/C11H15ClN4O/c12-8-1-2-10(13)15-9(8)6-16-4-3-7(5-16)11(14)17/h1-2,7H,3-6H2,(H2,13,15)(H2,14,17). The maximum absolute atomic E-state index is 11.1. The van der Waals surface area contributed by atoms with Crippen molar-refractivity contribution in [3.05, 3.63) is 22.8 Å². The average molecular weight is 255 g/mol. The van der Waals surface area contributed by atoms with E-state index in [0.29, 0.717) is 23.9 Å². The van der Waals surface area contributed by atoms with Crippen molar-refractivity contribution in [3.8, 4) is 0 Å². The predicted molar refractivity (Wildman–Crippen MR) is 66.2 cm³/mol. The minimum absolute atomic E-state index is 0.0603. The molecule has 1 unspecified atom stereocenters. The fourth-order valence-electron chi connectivity index (χ4n) is 2.03. The molecule has 1 aromatic rings. The molecule has 0 saturated carbocycles. The van der Waals surface area contributed by atoms with Gasteiger partial charge in [0, 0.05) is 13.1 Å². The molecule has 0 radical (unpaired) electrons. The van der Waals surface area contributed by atoms with Crippen molar-refractivity contribution in [2.45, 2.75) is 13.0 Å². The number of hydrogen-bond acceptors (Lipinski definition) is 4. The van der Waals surface area contributed by atoms with E-state index in [1.54, 1.807) is 12.1 Å². The van der Waals surface area contributed by atoms with Gasteiger partial charge in [0.2, 0.25) is 5.91 Å². The molecular weight excluding hydrogens is 240 g/mol. The van der Waals surface area contributed by atoms with Crippen LogP contribution in [0.3, 0.4) is 0 Å². The molecule has 1 fully saturated rings. The van der Waals surface area contributed by atoms with Gasteiger partial charge in [0.25, 0.3) is 0 Å². The first-order chi connectivity index (χ1) is 8.06. The molecule has 2 heterocycles. The molecule has 1 amide bonds. The van der Waals surface area contributed by atoms with Gasteiger partial charge in [-0.3, -0.25) is 9.69 Å². The molecule has 2 rings (SSSR count). The van der Waals surface area contributed by atoms with E-state index in [0.717, 1.165) is 18.7 Å². The first-order valence-corrected chi connectivity index (χ1v) is 5.86. The topological polar surface area (TPSA) is 85.2 Å². The van der Waals surface area contributed by atoms with Gasteiger partial charge in [-0.05, 0) is 25.1 Å². The van der Waals surface area contributed by atoms with Crippen molar-refractivity contribution in [2.24, 2.45) is 11.7 Å². The first kappa shape index (κ1) is 12.1. The van der Waals surface area contributed by atoms with Crippen LogP contribution in [-0.2, 0) is 11.3 Å². The number of likely N-dealkylation sites (tertiary alicyclic amines) is 1. The summed E-state index contributed by atoms with van der Waals surface area (Å²) in [6.45, 7) is 2.11. The molecule has 0 spiro atoms. The zero-order valence-corrected chi connectivity index (χ0v) is 10.2. The highest BCUT2D eigenvalue weighted by Crippen LogP contribution is 2.21. The second kappa shape index (κ2) is 4.89. The molecule has 5 nitrogen and oxygen atoms in total. The minimum atomic E-state index is -0.237. The number of nitrogen functional groups attached to an aromatic ring is 1. The van der Waals surface area contributed by atoms with Gasteiger partial charge in [0.05, 0.1) is 16.6 Å². The van der Waals surface area contributed by atoms with Crippen LogP contribution in [0.5, 0.6) is 0 Å². The molecule has 17 heavy (non-hydrogen) atoms. The van der Waals surface area contributed by atoms with Crippen LogP contribution in [0.1, 0.15) is 12.1 Å². The number of carbonyl (C=O) groups is 1. The Morgan fingerprint density at radius 2 is 2.35 bits per heavy atom. The molecule has 4 N–H and O–H groups in total. The Kier molecular flexibility index (Phi) is 3.49. The fourth-order valence-corrected chi connectivity index (χ4v) is 2.20. The van der Waals surface area contributed by atoms with Gasteiger partial charge >= 0.3 is 0 Å². The average Bonchev–Trinajstić information content (AvgIpc) is 2.72.